The third-order valence-corrected chi connectivity index (χ3v) is 7.89. The molecule has 0 saturated carbocycles. The first-order valence-electron chi connectivity index (χ1n) is 15.4. The lowest BCUT2D eigenvalue weighted by Crippen LogP contribution is -2.44. The first kappa shape index (κ1) is 31.8. The largest absolute Gasteiger partial charge is 0.496 e. The first-order chi connectivity index (χ1) is 21.0. The van der Waals surface area contributed by atoms with Crippen LogP contribution in [0.2, 0.25) is 0 Å². The maximum absolute atomic E-state index is 14.0. The van der Waals surface area contributed by atoms with Gasteiger partial charge in [0.1, 0.15) is 12.3 Å². The Balaban J connectivity index is 1.53. The quantitative estimate of drug-likeness (QED) is 0.141. The molecule has 7 nitrogen and oxygen atoms in total. The summed E-state index contributed by atoms with van der Waals surface area (Å²) >= 11 is 0. The summed E-state index contributed by atoms with van der Waals surface area (Å²) < 4.78 is 10.9. The van der Waals surface area contributed by atoms with Crippen LogP contribution < -0.4 is 4.74 Å². The Hall–Kier alpha value is -4.10. The van der Waals surface area contributed by atoms with Crippen molar-refractivity contribution in [3.8, 4) is 5.75 Å². The van der Waals surface area contributed by atoms with E-state index in [9.17, 15) is 9.59 Å². The van der Waals surface area contributed by atoms with Crippen LogP contribution in [0.1, 0.15) is 59.7 Å². The number of aryl methyl sites for hydroxylation is 1. The van der Waals surface area contributed by atoms with Crippen molar-refractivity contribution in [1.82, 2.24) is 14.8 Å². The predicted octanol–water partition coefficient (Wildman–Crippen LogP) is 6.66. The van der Waals surface area contributed by atoms with E-state index in [1.165, 1.54) is 18.4 Å². The highest BCUT2D eigenvalue weighted by atomic mass is 16.5. The van der Waals surface area contributed by atoms with Gasteiger partial charge in [-0.15, -0.1) is 0 Å². The van der Waals surface area contributed by atoms with Gasteiger partial charge in [0, 0.05) is 61.6 Å². The molecule has 2 amide bonds. The minimum Gasteiger partial charge on any atom is -0.496 e. The topological polar surface area (TPSA) is 74.9 Å². The van der Waals surface area contributed by atoms with E-state index in [1.807, 2.05) is 71.8 Å². The van der Waals surface area contributed by atoms with Crippen LogP contribution in [0, 0.1) is 0 Å². The molecule has 228 valence electrons. The molecule has 7 heteroatoms. The van der Waals surface area contributed by atoms with Gasteiger partial charge in [-0.3, -0.25) is 9.59 Å². The van der Waals surface area contributed by atoms with Gasteiger partial charge in [0.15, 0.2) is 0 Å². The molecule has 0 radical (unpaired) electrons. The molecule has 1 heterocycles. The van der Waals surface area contributed by atoms with Gasteiger partial charge in [-0.05, 0) is 61.1 Å². The zero-order valence-electron chi connectivity index (χ0n) is 25.8. The van der Waals surface area contributed by atoms with Gasteiger partial charge < -0.3 is 24.3 Å². The second kappa shape index (κ2) is 16.5. The van der Waals surface area contributed by atoms with Gasteiger partial charge >= 0.3 is 0 Å². The SMILES string of the molecule is CCCCCc1ccc(C(=O)N(CCCOC)CC(=O)N(CCc2c[nH]c3ccccc23)Cc2ccccc2OC)cc1. The number of unbranched alkanes of at least 4 members (excludes halogenated alkanes) is 2. The highest BCUT2D eigenvalue weighted by Crippen LogP contribution is 2.22. The average molecular weight is 584 g/mol. The number of carbonyl (C=O) groups is 2. The normalized spacial score (nSPS) is 11.0. The Morgan fingerprint density at radius 3 is 2.33 bits per heavy atom. The van der Waals surface area contributed by atoms with Crippen LogP contribution in [0.15, 0.2) is 79.0 Å². The fourth-order valence-corrected chi connectivity index (χ4v) is 5.42. The molecule has 4 rings (SSSR count). The lowest BCUT2D eigenvalue weighted by atomic mass is 10.0. The highest BCUT2D eigenvalue weighted by molar-refractivity contribution is 5.96. The number of aromatic amines is 1. The third kappa shape index (κ3) is 8.94. The molecule has 0 bridgehead atoms. The number of para-hydroxylation sites is 2. The summed E-state index contributed by atoms with van der Waals surface area (Å²) in [7, 11) is 3.29. The molecular weight excluding hydrogens is 538 g/mol. The van der Waals surface area contributed by atoms with Gasteiger partial charge in [0.25, 0.3) is 5.91 Å². The Morgan fingerprint density at radius 2 is 1.56 bits per heavy atom. The summed E-state index contributed by atoms with van der Waals surface area (Å²) in [5.74, 6) is 0.491. The molecule has 0 aliphatic carbocycles. The zero-order chi connectivity index (χ0) is 30.4. The number of ether oxygens (including phenoxy) is 2. The molecule has 0 unspecified atom stereocenters. The molecule has 0 fully saturated rings. The smallest absolute Gasteiger partial charge is 0.254 e. The number of hydrogen-bond donors (Lipinski definition) is 1. The number of carbonyl (C=O) groups excluding carboxylic acids is 2. The number of rotatable bonds is 17. The second-order valence-electron chi connectivity index (χ2n) is 11.0. The van der Waals surface area contributed by atoms with Crippen LogP contribution in [-0.2, 0) is 28.9 Å². The maximum atomic E-state index is 14.0. The van der Waals surface area contributed by atoms with Gasteiger partial charge in [0.05, 0.1) is 7.11 Å². The summed E-state index contributed by atoms with van der Waals surface area (Å²) in [6, 6.07) is 23.8. The van der Waals surface area contributed by atoms with E-state index in [0.29, 0.717) is 44.6 Å². The molecule has 3 aromatic carbocycles. The van der Waals surface area contributed by atoms with Crippen molar-refractivity contribution in [3.05, 3.63) is 101 Å². The number of benzene rings is 3. The summed E-state index contributed by atoms with van der Waals surface area (Å²) in [6.45, 7) is 4.02. The first-order valence-corrected chi connectivity index (χ1v) is 15.4. The van der Waals surface area contributed by atoms with Gasteiger partial charge in [0.2, 0.25) is 5.91 Å². The summed E-state index contributed by atoms with van der Waals surface area (Å²) in [5, 5.41) is 1.15. The Labute approximate surface area is 255 Å². The van der Waals surface area contributed by atoms with E-state index in [0.717, 1.165) is 40.6 Å². The van der Waals surface area contributed by atoms with Crippen molar-refractivity contribution < 1.29 is 19.1 Å². The van der Waals surface area contributed by atoms with Crippen LogP contribution in [0.4, 0.5) is 0 Å². The fraction of sp³-hybridized carbons (Fsp3) is 0.389. The van der Waals surface area contributed by atoms with Crippen LogP contribution in [-0.4, -0.2) is 67.1 Å². The summed E-state index contributed by atoms with van der Waals surface area (Å²) in [6.07, 6.45) is 7.87. The number of H-pyrrole nitrogens is 1. The molecule has 0 aliphatic heterocycles. The lowest BCUT2D eigenvalue weighted by molar-refractivity contribution is -0.132. The molecule has 0 aliphatic rings. The van der Waals surface area contributed by atoms with E-state index < -0.39 is 0 Å². The number of amides is 2. The second-order valence-corrected chi connectivity index (χ2v) is 11.0. The number of nitrogens with one attached hydrogen (secondary N) is 1. The Morgan fingerprint density at radius 1 is 0.791 bits per heavy atom. The molecule has 1 N–H and O–H groups in total. The van der Waals surface area contributed by atoms with Crippen molar-refractivity contribution in [2.45, 2.75) is 52.0 Å². The Bertz CT molecular complexity index is 1450. The molecule has 4 aromatic rings. The number of aromatic nitrogens is 1. The van der Waals surface area contributed by atoms with Crippen molar-refractivity contribution >= 4 is 22.7 Å². The van der Waals surface area contributed by atoms with Gasteiger partial charge in [-0.2, -0.15) is 0 Å². The Kier molecular flexibility index (Phi) is 12.2. The standard InChI is InChI=1S/C36H45N3O4/c1-4-5-6-12-28-17-19-29(20-18-28)36(41)39(22-11-24-42-2)27-35(40)38(26-31-13-7-10-16-34(31)43-3)23-21-30-25-37-33-15-9-8-14-32(30)33/h7-10,13-20,25,37H,4-6,11-12,21-24,26-27H2,1-3H3. The van der Waals surface area contributed by atoms with E-state index in [2.05, 4.69) is 24.0 Å². The van der Waals surface area contributed by atoms with Gasteiger partial charge in [-0.25, -0.2) is 0 Å². The number of nitrogens with zero attached hydrogens (tertiary/aromatic N) is 2. The number of methoxy groups -OCH3 is 2. The van der Waals surface area contributed by atoms with Crippen LogP contribution in [0.5, 0.6) is 5.75 Å². The monoisotopic (exact) mass is 583 g/mol. The van der Waals surface area contributed by atoms with E-state index in [-0.39, 0.29) is 18.4 Å². The highest BCUT2D eigenvalue weighted by Gasteiger charge is 2.23. The number of hydrogen-bond acceptors (Lipinski definition) is 4. The lowest BCUT2D eigenvalue weighted by Gasteiger charge is -2.28. The molecule has 0 spiro atoms. The predicted molar refractivity (Wildman–Crippen MR) is 172 cm³/mol. The van der Waals surface area contributed by atoms with E-state index in [4.69, 9.17) is 9.47 Å². The summed E-state index contributed by atoms with van der Waals surface area (Å²) in [5.41, 5.74) is 4.98. The van der Waals surface area contributed by atoms with Crippen LogP contribution in [0.3, 0.4) is 0 Å². The maximum Gasteiger partial charge on any atom is 0.254 e. The van der Waals surface area contributed by atoms with E-state index in [1.54, 1.807) is 19.1 Å². The van der Waals surface area contributed by atoms with E-state index >= 15 is 0 Å². The van der Waals surface area contributed by atoms with Crippen molar-refractivity contribution in [3.63, 3.8) is 0 Å². The molecule has 0 saturated heterocycles. The molecule has 0 atom stereocenters. The average Bonchev–Trinajstić information content (AvgIpc) is 3.46. The van der Waals surface area contributed by atoms with Crippen molar-refractivity contribution in [2.75, 3.05) is 40.5 Å². The van der Waals surface area contributed by atoms with Crippen LogP contribution >= 0.6 is 0 Å². The third-order valence-electron chi connectivity index (χ3n) is 7.89. The molecule has 1 aromatic heterocycles. The zero-order valence-corrected chi connectivity index (χ0v) is 25.8. The summed E-state index contributed by atoms with van der Waals surface area (Å²) in [4.78, 5) is 34.5. The van der Waals surface area contributed by atoms with Crippen molar-refractivity contribution in [2.24, 2.45) is 0 Å². The minimum atomic E-state index is -0.140. The minimum absolute atomic E-state index is 0.0101. The van der Waals surface area contributed by atoms with Gasteiger partial charge in [-0.1, -0.05) is 68.3 Å². The molecular formula is C36H45N3O4. The number of fused-ring (bicyclic) bond motifs is 1. The van der Waals surface area contributed by atoms with Crippen molar-refractivity contribution in [1.29, 1.82) is 0 Å². The fourth-order valence-electron chi connectivity index (χ4n) is 5.42. The van der Waals surface area contributed by atoms with Crippen LogP contribution in [0.25, 0.3) is 10.9 Å². The molecule has 43 heavy (non-hydrogen) atoms.